The van der Waals surface area contributed by atoms with Crippen molar-refractivity contribution >= 4 is 6.03 Å². The lowest BCUT2D eigenvalue weighted by Gasteiger charge is -2.23. The Hall–Kier alpha value is -0.850. The summed E-state index contributed by atoms with van der Waals surface area (Å²) in [6.07, 6.45) is 0.850. The van der Waals surface area contributed by atoms with Gasteiger partial charge in [-0.05, 0) is 6.42 Å². The van der Waals surface area contributed by atoms with Crippen LogP contribution >= 0.6 is 0 Å². The highest BCUT2D eigenvalue weighted by Crippen LogP contribution is 2.04. The summed E-state index contributed by atoms with van der Waals surface area (Å²) in [7, 11) is 1.58. The SMILES string of the molecule is COCCN(CCO)C(=O)NC1CCOC1. The van der Waals surface area contributed by atoms with Crippen molar-refractivity contribution in [2.75, 3.05) is 46.6 Å². The van der Waals surface area contributed by atoms with E-state index in [9.17, 15) is 4.79 Å². The molecule has 0 aromatic heterocycles. The van der Waals surface area contributed by atoms with E-state index in [0.717, 1.165) is 6.42 Å². The van der Waals surface area contributed by atoms with Gasteiger partial charge < -0.3 is 24.8 Å². The highest BCUT2D eigenvalue weighted by molar-refractivity contribution is 5.74. The first-order valence-corrected chi connectivity index (χ1v) is 5.51. The fourth-order valence-corrected chi connectivity index (χ4v) is 1.55. The molecule has 0 aliphatic carbocycles. The molecule has 16 heavy (non-hydrogen) atoms. The second kappa shape index (κ2) is 7.43. The van der Waals surface area contributed by atoms with E-state index in [1.807, 2.05) is 0 Å². The molecule has 2 N–H and O–H groups in total. The van der Waals surface area contributed by atoms with Crippen LogP contribution in [0.25, 0.3) is 0 Å². The fourth-order valence-electron chi connectivity index (χ4n) is 1.55. The van der Waals surface area contributed by atoms with E-state index in [0.29, 0.717) is 32.9 Å². The van der Waals surface area contributed by atoms with Gasteiger partial charge in [-0.1, -0.05) is 0 Å². The Kier molecular flexibility index (Phi) is 6.14. The summed E-state index contributed by atoms with van der Waals surface area (Å²) in [5, 5.41) is 11.7. The Morgan fingerprint density at radius 2 is 2.44 bits per heavy atom. The van der Waals surface area contributed by atoms with Gasteiger partial charge in [0, 0.05) is 26.8 Å². The first-order valence-electron chi connectivity index (χ1n) is 5.51. The minimum Gasteiger partial charge on any atom is -0.395 e. The molecule has 1 atom stereocenters. The van der Waals surface area contributed by atoms with Crippen LogP contribution in [-0.2, 0) is 9.47 Å². The normalized spacial score (nSPS) is 19.8. The highest BCUT2D eigenvalue weighted by atomic mass is 16.5. The second-order valence-corrected chi connectivity index (χ2v) is 3.71. The van der Waals surface area contributed by atoms with Crippen molar-refractivity contribution in [1.82, 2.24) is 10.2 Å². The minimum absolute atomic E-state index is 0.0434. The number of carbonyl (C=O) groups excluding carboxylic acids is 1. The molecule has 1 heterocycles. The number of ether oxygens (including phenoxy) is 2. The molecule has 0 bridgehead atoms. The molecular formula is C10H20N2O4. The van der Waals surface area contributed by atoms with Crippen LogP contribution in [0.15, 0.2) is 0 Å². The van der Waals surface area contributed by atoms with Crippen molar-refractivity contribution in [3.05, 3.63) is 0 Å². The van der Waals surface area contributed by atoms with Crippen molar-refractivity contribution in [1.29, 1.82) is 0 Å². The number of aliphatic hydroxyl groups excluding tert-OH is 1. The third-order valence-electron chi connectivity index (χ3n) is 2.48. The highest BCUT2D eigenvalue weighted by Gasteiger charge is 2.20. The van der Waals surface area contributed by atoms with E-state index in [1.54, 1.807) is 12.0 Å². The number of methoxy groups -OCH3 is 1. The van der Waals surface area contributed by atoms with Gasteiger partial charge >= 0.3 is 6.03 Å². The zero-order chi connectivity index (χ0) is 11.8. The van der Waals surface area contributed by atoms with Gasteiger partial charge in [-0.2, -0.15) is 0 Å². The number of hydrogen-bond acceptors (Lipinski definition) is 4. The van der Waals surface area contributed by atoms with E-state index in [1.165, 1.54) is 0 Å². The van der Waals surface area contributed by atoms with Gasteiger partial charge in [0.25, 0.3) is 0 Å². The van der Waals surface area contributed by atoms with Gasteiger partial charge in [0.1, 0.15) is 0 Å². The van der Waals surface area contributed by atoms with Gasteiger partial charge in [-0.25, -0.2) is 4.79 Å². The Morgan fingerprint density at radius 3 is 3.00 bits per heavy atom. The zero-order valence-corrected chi connectivity index (χ0v) is 9.65. The molecule has 0 spiro atoms. The van der Waals surface area contributed by atoms with Crippen LogP contribution in [0.2, 0.25) is 0 Å². The zero-order valence-electron chi connectivity index (χ0n) is 9.65. The predicted octanol–water partition coefficient (Wildman–Crippen LogP) is -0.574. The number of hydrogen-bond donors (Lipinski definition) is 2. The maximum atomic E-state index is 11.8. The topological polar surface area (TPSA) is 71.0 Å². The second-order valence-electron chi connectivity index (χ2n) is 3.71. The average molecular weight is 232 g/mol. The number of carbonyl (C=O) groups is 1. The number of nitrogens with zero attached hydrogens (tertiary/aromatic N) is 1. The maximum Gasteiger partial charge on any atom is 0.317 e. The van der Waals surface area contributed by atoms with Crippen molar-refractivity contribution < 1.29 is 19.4 Å². The van der Waals surface area contributed by atoms with Gasteiger partial charge in [0.05, 0.1) is 25.9 Å². The van der Waals surface area contributed by atoms with Gasteiger partial charge in [-0.15, -0.1) is 0 Å². The summed E-state index contributed by atoms with van der Waals surface area (Å²) in [6.45, 7) is 2.50. The lowest BCUT2D eigenvalue weighted by molar-refractivity contribution is 0.133. The molecule has 1 aliphatic rings. The summed E-state index contributed by atoms with van der Waals surface area (Å²) < 4.78 is 10.1. The third kappa shape index (κ3) is 4.34. The molecule has 6 heteroatoms. The Labute approximate surface area is 95.5 Å². The average Bonchev–Trinajstić information content (AvgIpc) is 2.76. The predicted molar refractivity (Wildman–Crippen MR) is 58.3 cm³/mol. The number of rotatable bonds is 6. The van der Waals surface area contributed by atoms with E-state index >= 15 is 0 Å². The molecule has 0 aromatic rings. The molecule has 1 rings (SSSR count). The van der Waals surface area contributed by atoms with E-state index in [-0.39, 0.29) is 18.7 Å². The van der Waals surface area contributed by atoms with Crippen molar-refractivity contribution in [3.8, 4) is 0 Å². The Balaban J connectivity index is 2.32. The van der Waals surface area contributed by atoms with Crippen LogP contribution in [0, 0.1) is 0 Å². The van der Waals surface area contributed by atoms with Gasteiger partial charge in [0.15, 0.2) is 0 Å². The first kappa shape index (κ1) is 13.2. The van der Waals surface area contributed by atoms with Crippen LogP contribution in [0.3, 0.4) is 0 Å². The van der Waals surface area contributed by atoms with Crippen molar-refractivity contribution in [2.24, 2.45) is 0 Å². The lowest BCUT2D eigenvalue weighted by Crippen LogP contribution is -2.47. The molecule has 0 saturated carbocycles. The molecule has 1 fully saturated rings. The standard InChI is InChI=1S/C10H20N2O4/c1-15-7-4-12(3-5-13)10(14)11-9-2-6-16-8-9/h9,13H,2-8H2,1H3,(H,11,14). The van der Waals surface area contributed by atoms with Crippen LogP contribution in [-0.4, -0.2) is 68.7 Å². The van der Waals surface area contributed by atoms with Crippen LogP contribution < -0.4 is 5.32 Å². The smallest absolute Gasteiger partial charge is 0.317 e. The molecule has 2 amide bonds. The van der Waals surface area contributed by atoms with Crippen LogP contribution in [0.5, 0.6) is 0 Å². The Morgan fingerprint density at radius 1 is 1.62 bits per heavy atom. The molecular weight excluding hydrogens is 212 g/mol. The minimum atomic E-state index is -0.165. The summed E-state index contributed by atoms with van der Waals surface area (Å²) in [5.74, 6) is 0. The summed E-state index contributed by atoms with van der Waals surface area (Å²) in [4.78, 5) is 13.3. The van der Waals surface area contributed by atoms with Crippen molar-refractivity contribution in [3.63, 3.8) is 0 Å². The number of urea groups is 1. The number of aliphatic hydroxyl groups is 1. The molecule has 1 aliphatic heterocycles. The monoisotopic (exact) mass is 232 g/mol. The van der Waals surface area contributed by atoms with Gasteiger partial charge in [-0.3, -0.25) is 0 Å². The lowest BCUT2D eigenvalue weighted by atomic mass is 10.3. The Bertz CT molecular complexity index is 207. The van der Waals surface area contributed by atoms with Crippen molar-refractivity contribution in [2.45, 2.75) is 12.5 Å². The number of nitrogens with one attached hydrogen (secondary N) is 1. The molecule has 94 valence electrons. The van der Waals surface area contributed by atoms with E-state index in [2.05, 4.69) is 5.32 Å². The molecule has 6 nitrogen and oxygen atoms in total. The summed E-state index contributed by atoms with van der Waals surface area (Å²) >= 11 is 0. The van der Waals surface area contributed by atoms with E-state index < -0.39 is 0 Å². The quantitative estimate of drug-likeness (QED) is 0.643. The summed E-state index contributed by atoms with van der Waals surface area (Å²) in [5.41, 5.74) is 0. The van der Waals surface area contributed by atoms with Crippen LogP contribution in [0.1, 0.15) is 6.42 Å². The maximum absolute atomic E-state index is 11.8. The summed E-state index contributed by atoms with van der Waals surface area (Å²) in [6, 6.07) is -0.0714. The molecule has 1 unspecified atom stereocenters. The molecule has 0 radical (unpaired) electrons. The molecule has 1 saturated heterocycles. The third-order valence-corrected chi connectivity index (χ3v) is 2.48. The van der Waals surface area contributed by atoms with E-state index in [4.69, 9.17) is 14.6 Å². The largest absolute Gasteiger partial charge is 0.395 e. The van der Waals surface area contributed by atoms with Crippen LogP contribution in [0.4, 0.5) is 4.79 Å². The van der Waals surface area contributed by atoms with Gasteiger partial charge in [0.2, 0.25) is 0 Å². The molecule has 0 aromatic carbocycles. The first-order chi connectivity index (χ1) is 7.77. The number of amides is 2. The fraction of sp³-hybridized carbons (Fsp3) is 0.900.